The van der Waals surface area contributed by atoms with Gasteiger partial charge < -0.3 is 10.1 Å². The third kappa shape index (κ3) is 6.04. The average Bonchev–Trinajstić information content (AvgIpc) is 3.28. The molecule has 0 spiro atoms. The molecule has 2 aromatic carbocycles. The predicted molar refractivity (Wildman–Crippen MR) is 136 cm³/mol. The van der Waals surface area contributed by atoms with Crippen LogP contribution in [0.5, 0.6) is 0 Å². The van der Waals surface area contributed by atoms with Crippen LogP contribution in [0.25, 0.3) is 10.4 Å². The van der Waals surface area contributed by atoms with Crippen molar-refractivity contribution in [3.8, 4) is 10.4 Å². The van der Waals surface area contributed by atoms with Gasteiger partial charge in [-0.1, -0.05) is 36.4 Å². The van der Waals surface area contributed by atoms with Crippen molar-refractivity contribution >= 4 is 38.2 Å². The molecular formula is C25H25F2N3O5S2. The number of nitrogens with one attached hydrogen (secondary N) is 1. The molecule has 0 unspecified atom stereocenters. The van der Waals surface area contributed by atoms with Gasteiger partial charge >= 0.3 is 5.97 Å². The number of ether oxygens (including phenoxy) is 1. The summed E-state index contributed by atoms with van der Waals surface area (Å²) >= 11 is 1.25. The molecular weight excluding hydrogens is 524 g/mol. The van der Waals surface area contributed by atoms with E-state index in [1.807, 2.05) is 30.3 Å². The van der Waals surface area contributed by atoms with Crippen molar-refractivity contribution in [2.45, 2.75) is 11.8 Å². The predicted octanol–water partition coefficient (Wildman–Crippen LogP) is 3.82. The quantitative estimate of drug-likeness (QED) is 0.430. The molecule has 12 heteroatoms. The third-order valence-electron chi connectivity index (χ3n) is 5.75. The molecule has 1 aromatic heterocycles. The Labute approximate surface area is 217 Å². The van der Waals surface area contributed by atoms with Crippen molar-refractivity contribution in [2.24, 2.45) is 0 Å². The molecule has 0 bridgehead atoms. The summed E-state index contributed by atoms with van der Waals surface area (Å²) in [6.07, 6.45) is 0. The fourth-order valence-corrected chi connectivity index (χ4v) is 6.54. The summed E-state index contributed by atoms with van der Waals surface area (Å²) in [5.41, 5.74) is 1.14. The van der Waals surface area contributed by atoms with Gasteiger partial charge in [0, 0.05) is 31.1 Å². The number of thiophene rings is 1. The van der Waals surface area contributed by atoms with Crippen LogP contribution in [0.2, 0.25) is 0 Å². The number of benzene rings is 2. The van der Waals surface area contributed by atoms with Crippen molar-refractivity contribution in [3.63, 3.8) is 0 Å². The minimum Gasteiger partial charge on any atom is -0.462 e. The second-order valence-corrected chi connectivity index (χ2v) is 11.1. The van der Waals surface area contributed by atoms with Gasteiger partial charge in [0.05, 0.1) is 18.7 Å². The first-order valence-electron chi connectivity index (χ1n) is 11.5. The molecule has 1 fully saturated rings. The lowest BCUT2D eigenvalue weighted by atomic mass is 10.1. The molecule has 1 aliphatic rings. The number of piperazine rings is 1. The highest BCUT2D eigenvalue weighted by molar-refractivity contribution is 7.89. The lowest BCUT2D eigenvalue weighted by Crippen LogP contribution is -2.50. The minimum atomic E-state index is -4.36. The summed E-state index contributed by atoms with van der Waals surface area (Å²) in [7, 11) is -4.36. The van der Waals surface area contributed by atoms with Gasteiger partial charge in [-0.15, -0.1) is 11.3 Å². The Morgan fingerprint density at radius 2 is 1.65 bits per heavy atom. The first-order valence-corrected chi connectivity index (χ1v) is 13.8. The maximum atomic E-state index is 14.1. The summed E-state index contributed by atoms with van der Waals surface area (Å²) in [6.45, 7) is 2.14. The molecule has 1 N–H and O–H groups in total. The second-order valence-electron chi connectivity index (χ2n) is 8.22. The summed E-state index contributed by atoms with van der Waals surface area (Å²) in [4.78, 5) is 26.9. The van der Waals surface area contributed by atoms with E-state index in [1.54, 1.807) is 17.9 Å². The van der Waals surface area contributed by atoms with Crippen LogP contribution in [0.3, 0.4) is 0 Å². The Balaban J connectivity index is 1.41. The normalized spacial score (nSPS) is 14.9. The molecule has 196 valence electrons. The maximum Gasteiger partial charge on any atom is 0.341 e. The average molecular weight is 550 g/mol. The van der Waals surface area contributed by atoms with Crippen molar-refractivity contribution in [3.05, 3.63) is 71.8 Å². The Kier molecular flexibility index (Phi) is 8.32. The van der Waals surface area contributed by atoms with Gasteiger partial charge in [-0.3, -0.25) is 9.69 Å². The van der Waals surface area contributed by atoms with Crippen LogP contribution < -0.4 is 5.32 Å². The monoisotopic (exact) mass is 549 g/mol. The molecule has 0 radical (unpaired) electrons. The number of hydrogen-bond donors (Lipinski definition) is 1. The maximum absolute atomic E-state index is 14.1. The SMILES string of the molecule is CCOC(=O)c1cc(-c2ccccc2)sc1NC(=O)CN1CCN(S(=O)(=O)c2c(F)cccc2F)CC1. The van der Waals surface area contributed by atoms with Crippen molar-refractivity contribution in [2.75, 3.05) is 44.6 Å². The van der Waals surface area contributed by atoms with Gasteiger partial charge in [0.25, 0.3) is 0 Å². The highest BCUT2D eigenvalue weighted by atomic mass is 32.2. The standard InChI is InChI=1S/C25H25F2N3O5S2/c1-2-35-25(32)18-15-21(17-7-4-3-5-8-17)36-24(18)28-22(31)16-29-11-13-30(14-12-29)37(33,34)23-19(26)9-6-10-20(23)27/h3-10,15H,2,11-14,16H2,1H3,(H,28,31). The number of nitrogens with zero attached hydrogens (tertiary/aromatic N) is 2. The Bertz CT molecular complexity index is 1370. The summed E-state index contributed by atoms with van der Waals surface area (Å²) in [6, 6.07) is 14.0. The molecule has 1 aliphatic heterocycles. The van der Waals surface area contributed by atoms with Crippen LogP contribution in [-0.4, -0.2) is 68.8 Å². The van der Waals surface area contributed by atoms with Crippen LogP contribution in [0.4, 0.5) is 13.8 Å². The number of anilines is 1. The van der Waals surface area contributed by atoms with E-state index in [0.717, 1.165) is 32.9 Å². The van der Waals surface area contributed by atoms with E-state index in [1.165, 1.54) is 11.3 Å². The Morgan fingerprint density at radius 1 is 1.00 bits per heavy atom. The van der Waals surface area contributed by atoms with Crippen molar-refractivity contribution in [1.82, 2.24) is 9.21 Å². The Morgan fingerprint density at radius 3 is 2.27 bits per heavy atom. The van der Waals surface area contributed by atoms with Gasteiger partial charge in [-0.25, -0.2) is 22.0 Å². The van der Waals surface area contributed by atoms with E-state index in [9.17, 15) is 26.8 Å². The second kappa shape index (κ2) is 11.5. The summed E-state index contributed by atoms with van der Waals surface area (Å²) in [5.74, 6) is -3.23. The Hall–Kier alpha value is -3.19. The highest BCUT2D eigenvalue weighted by Crippen LogP contribution is 2.36. The molecule has 8 nitrogen and oxygen atoms in total. The fraction of sp³-hybridized carbons (Fsp3) is 0.280. The van der Waals surface area contributed by atoms with Crippen LogP contribution in [0.1, 0.15) is 17.3 Å². The van der Waals surface area contributed by atoms with E-state index in [2.05, 4.69) is 5.32 Å². The topological polar surface area (TPSA) is 96.0 Å². The van der Waals surface area contributed by atoms with Gasteiger partial charge in [-0.05, 0) is 30.7 Å². The first kappa shape index (κ1) is 26.9. The van der Waals surface area contributed by atoms with Gasteiger partial charge in [0.2, 0.25) is 15.9 Å². The number of amides is 1. The zero-order valence-corrected chi connectivity index (χ0v) is 21.6. The molecule has 0 aliphatic carbocycles. The van der Waals surface area contributed by atoms with E-state index in [0.29, 0.717) is 5.00 Å². The third-order valence-corrected chi connectivity index (χ3v) is 8.80. The van der Waals surface area contributed by atoms with Gasteiger partial charge in [-0.2, -0.15) is 4.31 Å². The van der Waals surface area contributed by atoms with E-state index < -0.39 is 32.5 Å². The summed E-state index contributed by atoms with van der Waals surface area (Å²) < 4.78 is 59.8. The highest BCUT2D eigenvalue weighted by Gasteiger charge is 2.33. The molecule has 1 saturated heterocycles. The molecule has 1 amide bonds. The number of esters is 1. The van der Waals surface area contributed by atoms with E-state index in [-0.39, 0.29) is 50.8 Å². The smallest absolute Gasteiger partial charge is 0.341 e. The van der Waals surface area contributed by atoms with Crippen molar-refractivity contribution in [1.29, 1.82) is 0 Å². The van der Waals surface area contributed by atoms with Crippen LogP contribution in [0, 0.1) is 11.6 Å². The summed E-state index contributed by atoms with van der Waals surface area (Å²) in [5, 5.41) is 3.14. The molecule has 4 rings (SSSR count). The molecule has 37 heavy (non-hydrogen) atoms. The van der Waals surface area contributed by atoms with Gasteiger partial charge in [0.15, 0.2) is 4.90 Å². The minimum absolute atomic E-state index is 0.0331. The molecule has 0 atom stereocenters. The number of carbonyl (C=O) groups excluding carboxylic acids is 2. The van der Waals surface area contributed by atoms with Crippen LogP contribution in [-0.2, 0) is 19.6 Å². The van der Waals surface area contributed by atoms with Crippen LogP contribution in [0.15, 0.2) is 59.5 Å². The van der Waals surface area contributed by atoms with E-state index >= 15 is 0 Å². The number of carbonyl (C=O) groups is 2. The molecule has 2 heterocycles. The lowest BCUT2D eigenvalue weighted by Gasteiger charge is -2.33. The van der Waals surface area contributed by atoms with Crippen LogP contribution >= 0.6 is 11.3 Å². The largest absolute Gasteiger partial charge is 0.462 e. The number of halogens is 2. The zero-order chi connectivity index (χ0) is 26.6. The fourth-order valence-electron chi connectivity index (χ4n) is 3.94. The van der Waals surface area contributed by atoms with Crippen molar-refractivity contribution < 1.29 is 31.5 Å². The first-order chi connectivity index (χ1) is 17.7. The van der Waals surface area contributed by atoms with Gasteiger partial charge in [0.1, 0.15) is 16.6 Å². The number of rotatable bonds is 8. The number of sulfonamides is 1. The number of hydrogen-bond acceptors (Lipinski definition) is 7. The molecule has 0 saturated carbocycles. The van der Waals surface area contributed by atoms with E-state index in [4.69, 9.17) is 4.74 Å². The molecule has 3 aromatic rings. The zero-order valence-electron chi connectivity index (χ0n) is 19.9. The lowest BCUT2D eigenvalue weighted by molar-refractivity contribution is -0.117.